The summed E-state index contributed by atoms with van der Waals surface area (Å²) in [7, 11) is 0. The van der Waals surface area contributed by atoms with Gasteiger partial charge in [-0.1, -0.05) is 0 Å². The summed E-state index contributed by atoms with van der Waals surface area (Å²) in [5.74, 6) is -48.4. The van der Waals surface area contributed by atoms with Gasteiger partial charge in [-0.2, -0.15) is 79.0 Å². The number of alkyl halides is 18. The van der Waals surface area contributed by atoms with Crippen molar-refractivity contribution in [2.75, 3.05) is 0 Å². The van der Waals surface area contributed by atoms with Gasteiger partial charge < -0.3 is 20.8 Å². The molecule has 49 heavy (non-hydrogen) atoms. The Bertz CT molecular complexity index is 1080. The number of rotatable bonds is 12. The summed E-state index contributed by atoms with van der Waals surface area (Å²) in [6.45, 7) is 0. The number of hydrogen-bond donors (Lipinski definition) is 4. The topological polar surface area (TPSA) is 98.7 Å². The number of hydrogen-bond acceptors (Lipinski definition) is 2. The first kappa shape index (κ1) is 42.4. The highest BCUT2D eigenvalue weighted by Gasteiger charge is 2.85. The lowest BCUT2D eigenvalue weighted by molar-refractivity contribution is -0.408. The number of nitrogens with one attached hydrogen (secondary N) is 2. The van der Waals surface area contributed by atoms with E-state index >= 15 is 17.6 Å². The van der Waals surface area contributed by atoms with Crippen LogP contribution < -0.4 is 10.6 Å². The lowest BCUT2D eigenvalue weighted by atomic mass is 9.53. The van der Waals surface area contributed by atoms with Crippen LogP contribution in [0.25, 0.3) is 0 Å². The highest BCUT2D eigenvalue weighted by molar-refractivity contribution is 5.65. The zero-order chi connectivity index (χ0) is 38.4. The molecule has 0 spiro atoms. The Kier molecular flexibility index (Phi) is 11.6. The summed E-state index contributed by atoms with van der Waals surface area (Å²) in [5, 5.41) is 21.5. The SMILES string of the molecule is O=C(O)NC1CCC(C(CC(F)(F)C(F)(F)C(F)(F)C(F)(F)F)(CC(F)(F)C(F)(F)C(F)(F)C(F)(F)F)C2CCC(NC(=O)O)CC2)CC1. The van der Waals surface area contributed by atoms with E-state index in [0.717, 1.165) is 0 Å². The number of carbonyl (C=O) groups is 2. The van der Waals surface area contributed by atoms with Crippen molar-refractivity contribution in [3.63, 3.8) is 0 Å². The molecule has 6 nitrogen and oxygen atoms in total. The van der Waals surface area contributed by atoms with Crippen molar-refractivity contribution < 1.29 is 98.8 Å². The minimum absolute atomic E-state index is 0.643. The molecule has 2 fully saturated rings. The molecule has 0 unspecified atom stereocenters. The van der Waals surface area contributed by atoms with Gasteiger partial charge >= 0.3 is 60.1 Å². The van der Waals surface area contributed by atoms with Crippen LogP contribution in [0.15, 0.2) is 0 Å². The molecule has 0 atom stereocenters. The van der Waals surface area contributed by atoms with Gasteiger partial charge in [0, 0.05) is 24.9 Å². The normalized spacial score (nSPS) is 24.4. The summed E-state index contributed by atoms with van der Waals surface area (Å²) in [6.07, 6.45) is -31.3. The van der Waals surface area contributed by atoms with E-state index in [-0.39, 0.29) is 0 Å². The molecule has 2 rings (SSSR count). The standard InChI is InChI=1S/C25H28F18N2O4/c26-18(27,20(30,31)22(34,35)24(38,39)40)9-17(11-1-5-13(6-2-11)44-15(46)47,12-3-7-14(8-4-12)45-16(48)49)10-19(28,29)21(32,33)23(36,37)25(41,42)43/h11-14,44-45H,1-10H2,(H,46,47)(H,48,49). The molecule has 0 aliphatic heterocycles. The zero-order valence-electron chi connectivity index (χ0n) is 24.4. The van der Waals surface area contributed by atoms with E-state index in [1.54, 1.807) is 0 Å². The first-order valence-corrected chi connectivity index (χ1v) is 14.1. The van der Waals surface area contributed by atoms with Crippen molar-refractivity contribution in [3.05, 3.63) is 0 Å². The minimum Gasteiger partial charge on any atom is -0.465 e. The maximum atomic E-state index is 15.4. The van der Waals surface area contributed by atoms with Crippen LogP contribution in [0, 0.1) is 17.3 Å². The smallest absolute Gasteiger partial charge is 0.460 e. The molecule has 0 aromatic carbocycles. The van der Waals surface area contributed by atoms with Crippen molar-refractivity contribution in [3.8, 4) is 0 Å². The fraction of sp³-hybridized carbons (Fsp3) is 0.920. The van der Waals surface area contributed by atoms with Crippen molar-refractivity contribution in [1.82, 2.24) is 10.6 Å². The van der Waals surface area contributed by atoms with Crippen LogP contribution in [0.3, 0.4) is 0 Å². The molecule has 0 saturated heterocycles. The van der Waals surface area contributed by atoms with Gasteiger partial charge in [-0.05, 0) is 68.6 Å². The van der Waals surface area contributed by atoms with Crippen LogP contribution in [0.4, 0.5) is 88.6 Å². The fourth-order valence-corrected chi connectivity index (χ4v) is 6.81. The van der Waals surface area contributed by atoms with Crippen molar-refractivity contribution in [2.45, 2.75) is 124 Å². The Balaban J connectivity index is 2.87. The van der Waals surface area contributed by atoms with E-state index < -0.39 is 154 Å². The molecular weight excluding hydrogens is 734 g/mol. The third-order valence-electron chi connectivity index (χ3n) is 9.26. The van der Waals surface area contributed by atoms with Gasteiger partial charge in [0.05, 0.1) is 0 Å². The average molecular weight is 762 g/mol. The molecule has 0 bridgehead atoms. The molecule has 24 heteroatoms. The Morgan fingerprint density at radius 3 is 0.898 bits per heavy atom. The number of amides is 2. The summed E-state index contributed by atoms with van der Waals surface area (Å²) < 4.78 is 252. The maximum Gasteiger partial charge on any atom is 0.460 e. The van der Waals surface area contributed by atoms with Crippen LogP contribution in [-0.4, -0.2) is 82.4 Å². The maximum absolute atomic E-state index is 15.4. The van der Waals surface area contributed by atoms with Crippen molar-refractivity contribution in [2.24, 2.45) is 17.3 Å². The third kappa shape index (κ3) is 7.95. The molecule has 0 aromatic rings. The lowest BCUT2D eigenvalue weighted by Gasteiger charge is -2.54. The van der Waals surface area contributed by atoms with Crippen molar-refractivity contribution in [1.29, 1.82) is 0 Å². The van der Waals surface area contributed by atoms with Gasteiger partial charge in [0.15, 0.2) is 0 Å². The fourth-order valence-electron chi connectivity index (χ4n) is 6.81. The van der Waals surface area contributed by atoms with Gasteiger partial charge in [0.2, 0.25) is 0 Å². The van der Waals surface area contributed by atoms with Crippen LogP contribution in [0.2, 0.25) is 0 Å². The molecule has 0 radical (unpaired) electrons. The van der Waals surface area contributed by atoms with Gasteiger partial charge in [-0.15, -0.1) is 0 Å². The first-order valence-electron chi connectivity index (χ1n) is 14.1. The Hall–Kier alpha value is -2.72. The van der Waals surface area contributed by atoms with Gasteiger partial charge in [-0.25, -0.2) is 9.59 Å². The molecular formula is C25H28F18N2O4. The molecule has 0 aromatic heterocycles. The average Bonchev–Trinajstić information content (AvgIpc) is 2.90. The molecule has 4 N–H and O–H groups in total. The Morgan fingerprint density at radius 1 is 0.449 bits per heavy atom. The predicted molar refractivity (Wildman–Crippen MR) is 127 cm³/mol. The van der Waals surface area contributed by atoms with Crippen LogP contribution in [0.5, 0.6) is 0 Å². The van der Waals surface area contributed by atoms with Crippen LogP contribution in [-0.2, 0) is 0 Å². The van der Waals surface area contributed by atoms with Crippen LogP contribution in [0.1, 0.15) is 64.2 Å². The second-order valence-electron chi connectivity index (χ2n) is 12.3. The van der Waals surface area contributed by atoms with Gasteiger partial charge in [-0.3, -0.25) is 0 Å². The first-order chi connectivity index (χ1) is 21.7. The molecule has 0 heterocycles. The van der Waals surface area contributed by atoms with E-state index in [0.29, 0.717) is 0 Å². The van der Waals surface area contributed by atoms with Crippen LogP contribution >= 0.6 is 0 Å². The highest BCUT2D eigenvalue weighted by atomic mass is 19.4. The van der Waals surface area contributed by atoms with E-state index in [4.69, 9.17) is 10.2 Å². The summed E-state index contributed by atoms with van der Waals surface area (Å²) in [4.78, 5) is 22.0. The summed E-state index contributed by atoms with van der Waals surface area (Å²) in [6, 6.07) is -2.40. The quantitative estimate of drug-likeness (QED) is 0.149. The molecule has 2 aliphatic carbocycles. The summed E-state index contributed by atoms with van der Waals surface area (Å²) in [5.41, 5.74) is -3.86. The van der Waals surface area contributed by atoms with Gasteiger partial charge in [0.1, 0.15) is 0 Å². The van der Waals surface area contributed by atoms with E-state index in [9.17, 15) is 71.1 Å². The molecule has 2 saturated carbocycles. The minimum atomic E-state index is -7.64. The highest BCUT2D eigenvalue weighted by Crippen LogP contribution is 2.65. The largest absolute Gasteiger partial charge is 0.465 e. The van der Waals surface area contributed by atoms with E-state index in [1.165, 1.54) is 0 Å². The lowest BCUT2D eigenvalue weighted by Crippen LogP contribution is -2.65. The molecule has 288 valence electrons. The second kappa shape index (κ2) is 13.4. The predicted octanol–water partition coefficient (Wildman–Crippen LogP) is 9.34. The molecule has 2 aliphatic rings. The molecule has 2 amide bonds. The third-order valence-corrected chi connectivity index (χ3v) is 9.26. The van der Waals surface area contributed by atoms with E-state index in [1.807, 2.05) is 10.6 Å². The van der Waals surface area contributed by atoms with Gasteiger partial charge in [0.25, 0.3) is 0 Å². The monoisotopic (exact) mass is 762 g/mol. The van der Waals surface area contributed by atoms with E-state index in [2.05, 4.69) is 0 Å². The second-order valence-corrected chi connectivity index (χ2v) is 12.3. The Labute approximate surface area is 263 Å². The number of carboxylic acid groups (broad SMARTS) is 2. The van der Waals surface area contributed by atoms with Crippen molar-refractivity contribution >= 4 is 12.2 Å². The summed E-state index contributed by atoms with van der Waals surface area (Å²) >= 11 is 0. The Morgan fingerprint density at radius 2 is 0.694 bits per heavy atom. The zero-order valence-corrected chi connectivity index (χ0v) is 24.4. The number of halogens is 18.